The molecular weight excluding hydrogens is 259 g/mol. The predicted octanol–water partition coefficient (Wildman–Crippen LogP) is -0.668. The first-order valence-electron chi connectivity index (χ1n) is 5.61. The SMILES string of the molecule is Nc1nc(=O)n(CCN2CCSC2CO)cc1F. The number of anilines is 1. The van der Waals surface area contributed by atoms with Gasteiger partial charge in [-0.1, -0.05) is 0 Å². The van der Waals surface area contributed by atoms with E-state index in [1.54, 1.807) is 11.8 Å². The average Bonchev–Trinajstić information content (AvgIpc) is 2.79. The second-order valence-electron chi connectivity index (χ2n) is 3.99. The second-order valence-corrected chi connectivity index (χ2v) is 5.28. The standard InChI is InChI=1S/C10H15FN4O2S/c11-7-5-15(10(17)13-9(7)12)2-1-14-3-4-18-8(14)6-16/h5,8,16H,1-4,6H2,(H2,12,13,17). The number of nitrogens with zero attached hydrogens (tertiary/aromatic N) is 3. The number of halogens is 1. The van der Waals surface area contributed by atoms with E-state index >= 15 is 0 Å². The van der Waals surface area contributed by atoms with Crippen molar-refractivity contribution in [3.8, 4) is 0 Å². The highest BCUT2D eigenvalue weighted by molar-refractivity contribution is 8.00. The molecule has 2 rings (SSSR count). The summed E-state index contributed by atoms with van der Waals surface area (Å²) in [6.07, 6.45) is 1.07. The monoisotopic (exact) mass is 274 g/mol. The molecule has 0 aliphatic carbocycles. The second kappa shape index (κ2) is 5.68. The normalized spacial score (nSPS) is 20.4. The summed E-state index contributed by atoms with van der Waals surface area (Å²) in [5.74, 6) is -0.112. The van der Waals surface area contributed by atoms with Crippen molar-refractivity contribution in [1.82, 2.24) is 14.5 Å². The molecule has 2 heterocycles. The van der Waals surface area contributed by atoms with Gasteiger partial charge in [0, 0.05) is 31.6 Å². The lowest BCUT2D eigenvalue weighted by Gasteiger charge is -2.21. The molecule has 1 atom stereocenters. The first-order chi connectivity index (χ1) is 8.61. The van der Waals surface area contributed by atoms with Gasteiger partial charge in [-0.3, -0.25) is 9.47 Å². The number of hydrogen-bond donors (Lipinski definition) is 2. The molecule has 18 heavy (non-hydrogen) atoms. The zero-order chi connectivity index (χ0) is 13.1. The van der Waals surface area contributed by atoms with Gasteiger partial charge >= 0.3 is 5.69 Å². The van der Waals surface area contributed by atoms with Crippen LogP contribution in [0.3, 0.4) is 0 Å². The highest BCUT2D eigenvalue weighted by Crippen LogP contribution is 2.22. The summed E-state index contributed by atoms with van der Waals surface area (Å²) in [7, 11) is 0. The van der Waals surface area contributed by atoms with Crippen LogP contribution in [0.25, 0.3) is 0 Å². The molecule has 0 aromatic carbocycles. The molecule has 1 aromatic rings. The van der Waals surface area contributed by atoms with E-state index < -0.39 is 11.5 Å². The Hall–Kier alpha value is -1.12. The van der Waals surface area contributed by atoms with Crippen molar-refractivity contribution in [3.63, 3.8) is 0 Å². The molecule has 1 aromatic heterocycles. The molecule has 1 aliphatic heterocycles. The number of thioether (sulfide) groups is 1. The van der Waals surface area contributed by atoms with Crippen molar-refractivity contribution in [2.45, 2.75) is 11.9 Å². The quantitative estimate of drug-likeness (QED) is 0.757. The molecule has 0 amide bonds. The van der Waals surface area contributed by atoms with Crippen molar-refractivity contribution in [2.24, 2.45) is 0 Å². The van der Waals surface area contributed by atoms with Gasteiger partial charge < -0.3 is 10.8 Å². The Balaban J connectivity index is 2.02. The average molecular weight is 274 g/mol. The number of nitrogen functional groups attached to an aromatic ring is 1. The van der Waals surface area contributed by atoms with Gasteiger partial charge in [-0.25, -0.2) is 9.18 Å². The van der Waals surface area contributed by atoms with E-state index in [0.717, 1.165) is 18.5 Å². The first-order valence-corrected chi connectivity index (χ1v) is 6.65. The fourth-order valence-electron chi connectivity index (χ4n) is 1.85. The van der Waals surface area contributed by atoms with Gasteiger partial charge in [-0.2, -0.15) is 4.98 Å². The Morgan fingerprint density at radius 2 is 2.39 bits per heavy atom. The zero-order valence-corrected chi connectivity index (χ0v) is 10.6. The van der Waals surface area contributed by atoms with Crippen LogP contribution in [0.2, 0.25) is 0 Å². The van der Waals surface area contributed by atoms with Crippen LogP contribution in [0.4, 0.5) is 10.2 Å². The van der Waals surface area contributed by atoms with Crippen LogP contribution < -0.4 is 11.4 Å². The summed E-state index contributed by atoms with van der Waals surface area (Å²) in [5.41, 5.74) is 4.65. The Morgan fingerprint density at radius 1 is 1.61 bits per heavy atom. The van der Waals surface area contributed by atoms with Crippen LogP contribution in [-0.4, -0.2) is 50.4 Å². The third-order valence-corrected chi connectivity index (χ3v) is 4.11. The van der Waals surface area contributed by atoms with Crippen molar-refractivity contribution in [2.75, 3.05) is 31.2 Å². The predicted molar refractivity (Wildman–Crippen MR) is 67.8 cm³/mol. The Bertz CT molecular complexity index is 481. The van der Waals surface area contributed by atoms with Crippen molar-refractivity contribution in [3.05, 3.63) is 22.5 Å². The van der Waals surface area contributed by atoms with Gasteiger partial charge in [0.25, 0.3) is 0 Å². The fraction of sp³-hybridized carbons (Fsp3) is 0.600. The number of hydrogen-bond acceptors (Lipinski definition) is 6. The summed E-state index contributed by atoms with van der Waals surface area (Å²) >= 11 is 1.67. The molecule has 1 aliphatic rings. The van der Waals surface area contributed by atoms with E-state index in [1.165, 1.54) is 4.57 Å². The maximum atomic E-state index is 13.2. The van der Waals surface area contributed by atoms with Gasteiger partial charge in [0.1, 0.15) is 0 Å². The van der Waals surface area contributed by atoms with Crippen molar-refractivity contribution >= 4 is 17.6 Å². The minimum absolute atomic E-state index is 0.0623. The molecule has 8 heteroatoms. The highest BCUT2D eigenvalue weighted by atomic mass is 32.2. The van der Waals surface area contributed by atoms with Gasteiger partial charge in [-0.15, -0.1) is 11.8 Å². The van der Waals surface area contributed by atoms with Gasteiger partial charge in [0.2, 0.25) is 0 Å². The molecule has 0 radical (unpaired) electrons. The Kier molecular flexibility index (Phi) is 4.20. The minimum Gasteiger partial charge on any atom is -0.394 e. The number of aliphatic hydroxyl groups is 1. The molecule has 1 fully saturated rings. The number of rotatable bonds is 4. The zero-order valence-electron chi connectivity index (χ0n) is 9.75. The topological polar surface area (TPSA) is 84.4 Å². The van der Waals surface area contributed by atoms with Gasteiger partial charge in [-0.05, 0) is 0 Å². The molecule has 1 unspecified atom stereocenters. The minimum atomic E-state index is -0.691. The molecule has 0 saturated carbocycles. The maximum Gasteiger partial charge on any atom is 0.349 e. The smallest absolute Gasteiger partial charge is 0.349 e. The maximum absolute atomic E-state index is 13.2. The highest BCUT2D eigenvalue weighted by Gasteiger charge is 2.23. The molecule has 0 bridgehead atoms. The molecular formula is C10H15FN4O2S. The Labute approximate surface area is 108 Å². The van der Waals surface area contributed by atoms with Crippen LogP contribution in [0.5, 0.6) is 0 Å². The van der Waals surface area contributed by atoms with Crippen molar-refractivity contribution < 1.29 is 9.50 Å². The summed E-state index contributed by atoms with van der Waals surface area (Å²) in [4.78, 5) is 16.9. The van der Waals surface area contributed by atoms with E-state index in [1.807, 2.05) is 0 Å². The summed E-state index contributed by atoms with van der Waals surface area (Å²) in [6.45, 7) is 1.84. The lowest BCUT2D eigenvalue weighted by atomic mass is 10.4. The lowest BCUT2D eigenvalue weighted by molar-refractivity contribution is 0.187. The van der Waals surface area contributed by atoms with E-state index in [4.69, 9.17) is 10.8 Å². The molecule has 100 valence electrons. The van der Waals surface area contributed by atoms with E-state index in [9.17, 15) is 9.18 Å². The van der Waals surface area contributed by atoms with Crippen LogP contribution in [0.1, 0.15) is 0 Å². The Morgan fingerprint density at radius 3 is 3.11 bits per heavy atom. The van der Waals surface area contributed by atoms with Gasteiger partial charge in [0.15, 0.2) is 11.6 Å². The lowest BCUT2D eigenvalue weighted by Crippen LogP contribution is -2.36. The van der Waals surface area contributed by atoms with E-state index in [0.29, 0.717) is 13.1 Å². The van der Waals surface area contributed by atoms with E-state index in [2.05, 4.69) is 9.88 Å². The van der Waals surface area contributed by atoms with Gasteiger partial charge in [0.05, 0.1) is 12.0 Å². The number of aromatic nitrogens is 2. The fourth-order valence-corrected chi connectivity index (χ4v) is 2.99. The molecule has 0 spiro atoms. The van der Waals surface area contributed by atoms with Crippen LogP contribution in [0, 0.1) is 5.82 Å². The van der Waals surface area contributed by atoms with Crippen LogP contribution in [-0.2, 0) is 6.54 Å². The third kappa shape index (κ3) is 2.82. The van der Waals surface area contributed by atoms with Crippen molar-refractivity contribution in [1.29, 1.82) is 0 Å². The summed E-state index contributed by atoms with van der Waals surface area (Å²) in [5, 5.41) is 9.21. The van der Waals surface area contributed by atoms with Crippen LogP contribution >= 0.6 is 11.8 Å². The number of aliphatic hydroxyl groups excluding tert-OH is 1. The van der Waals surface area contributed by atoms with Crippen LogP contribution in [0.15, 0.2) is 11.0 Å². The van der Waals surface area contributed by atoms with E-state index in [-0.39, 0.29) is 17.8 Å². The third-order valence-electron chi connectivity index (χ3n) is 2.86. The molecule has 6 nitrogen and oxygen atoms in total. The summed E-state index contributed by atoms with van der Waals surface area (Å²) < 4.78 is 14.4. The largest absolute Gasteiger partial charge is 0.394 e. The number of nitrogens with two attached hydrogens (primary N) is 1. The molecule has 1 saturated heterocycles. The first kappa shape index (κ1) is 13.3. The molecule has 3 N–H and O–H groups in total. The summed E-state index contributed by atoms with van der Waals surface area (Å²) in [6, 6.07) is 0.